The van der Waals surface area contributed by atoms with Crippen molar-refractivity contribution in [2.75, 3.05) is 69.4 Å². The Hall–Kier alpha value is -4.85. The van der Waals surface area contributed by atoms with Gasteiger partial charge in [0.2, 0.25) is 5.95 Å². The number of nitrogens with one attached hydrogen (secondary N) is 1. The van der Waals surface area contributed by atoms with E-state index in [9.17, 15) is 9.90 Å². The number of rotatable bonds is 8. The lowest BCUT2D eigenvalue weighted by Crippen LogP contribution is -2.37. The Morgan fingerprint density at radius 1 is 0.933 bits per heavy atom. The average molecular weight is 610 g/mol. The minimum Gasteiger partial charge on any atom is -0.464 e. The highest BCUT2D eigenvalue weighted by Crippen LogP contribution is 2.30. The third-order valence-electron chi connectivity index (χ3n) is 8.26. The predicted octanol–water partition coefficient (Wildman–Crippen LogP) is 3.87. The van der Waals surface area contributed by atoms with Gasteiger partial charge in [0.15, 0.2) is 0 Å². The van der Waals surface area contributed by atoms with Crippen LogP contribution in [0.5, 0.6) is 0 Å². The van der Waals surface area contributed by atoms with Crippen LogP contribution in [0, 0.1) is 0 Å². The number of imidazole rings is 1. The van der Waals surface area contributed by atoms with Crippen molar-refractivity contribution in [3.8, 4) is 22.6 Å². The van der Waals surface area contributed by atoms with Gasteiger partial charge < -0.3 is 24.8 Å². The van der Waals surface area contributed by atoms with Crippen LogP contribution in [-0.4, -0.2) is 105 Å². The lowest BCUT2D eigenvalue weighted by Gasteiger charge is -2.27. The first-order valence-corrected chi connectivity index (χ1v) is 15.1. The largest absolute Gasteiger partial charge is 0.464 e. The van der Waals surface area contributed by atoms with Gasteiger partial charge in [0.1, 0.15) is 11.6 Å². The Morgan fingerprint density at radius 2 is 1.67 bits per heavy atom. The molecule has 232 valence electrons. The summed E-state index contributed by atoms with van der Waals surface area (Å²) in [7, 11) is 1.99. The molecule has 2 saturated heterocycles. The molecular weight excluding hydrogens is 574 g/mol. The molecule has 2 aliphatic rings. The van der Waals surface area contributed by atoms with Gasteiger partial charge in [0, 0.05) is 86.9 Å². The summed E-state index contributed by atoms with van der Waals surface area (Å²) in [5.74, 6) is 1.65. The second-order valence-electron chi connectivity index (χ2n) is 11.1. The summed E-state index contributed by atoms with van der Waals surface area (Å²) in [4.78, 5) is 30.2. The zero-order chi connectivity index (χ0) is 30.8. The second-order valence-corrected chi connectivity index (χ2v) is 11.1. The van der Waals surface area contributed by atoms with Gasteiger partial charge in [0.25, 0.3) is 0 Å². The maximum absolute atomic E-state index is 11.5. The van der Waals surface area contributed by atoms with Crippen molar-refractivity contribution in [1.29, 1.82) is 0 Å². The van der Waals surface area contributed by atoms with Gasteiger partial charge in [-0.3, -0.25) is 9.58 Å². The zero-order valence-electron chi connectivity index (χ0n) is 25.1. The molecule has 13 heteroatoms. The first kappa shape index (κ1) is 28.9. The highest BCUT2D eigenvalue weighted by atomic mass is 16.5. The number of fused-ring (bicyclic) bond motifs is 1. The van der Waals surface area contributed by atoms with Crippen molar-refractivity contribution in [3.63, 3.8) is 0 Å². The van der Waals surface area contributed by atoms with E-state index in [1.165, 1.54) is 12.4 Å². The van der Waals surface area contributed by atoms with Gasteiger partial charge in [-0.15, -0.1) is 0 Å². The molecule has 0 amide bonds. The van der Waals surface area contributed by atoms with Gasteiger partial charge in [0.05, 0.1) is 43.3 Å². The van der Waals surface area contributed by atoms with Crippen LogP contribution in [-0.2, 0) is 22.9 Å². The smallest absolute Gasteiger partial charge is 0.417 e. The van der Waals surface area contributed by atoms with E-state index in [2.05, 4.69) is 38.3 Å². The van der Waals surface area contributed by atoms with Crippen molar-refractivity contribution in [3.05, 3.63) is 66.6 Å². The molecule has 3 aromatic heterocycles. The van der Waals surface area contributed by atoms with Gasteiger partial charge in [-0.1, -0.05) is 12.1 Å². The predicted molar refractivity (Wildman–Crippen MR) is 170 cm³/mol. The molecule has 0 spiro atoms. The summed E-state index contributed by atoms with van der Waals surface area (Å²) >= 11 is 0. The van der Waals surface area contributed by atoms with E-state index in [1.54, 1.807) is 0 Å². The molecule has 0 unspecified atom stereocenters. The van der Waals surface area contributed by atoms with Crippen LogP contribution in [0.25, 0.3) is 33.5 Å². The number of nitrogens with zero attached hydrogens (tertiary/aromatic N) is 8. The normalized spacial score (nSPS) is 15.9. The standard InChI is InChI=1S/C32H35N9O4/c1-38-28-20-23(4-7-25(28)26(37-38)8-10-39-12-16-44-17-13-39)27-21-29(36-31(35-27)40-14-18-45-19-15-40)34-24-5-2-22(3-6-24)30-33-9-11-41(30)32(42)43/h2-7,9,11,20-21H,8,10,12-19H2,1H3,(H,42,43)(H,34,35,36). The number of carbonyl (C=O) groups is 1. The lowest BCUT2D eigenvalue weighted by atomic mass is 10.1. The first-order chi connectivity index (χ1) is 22.0. The SMILES string of the molecule is Cn1nc(CCN2CCOCC2)c2ccc(-c3cc(Nc4ccc(-c5nccn5C(=O)O)cc4)nc(N4CCOCC4)n3)cc21. The van der Waals surface area contributed by atoms with Gasteiger partial charge in [-0.2, -0.15) is 10.1 Å². The zero-order valence-corrected chi connectivity index (χ0v) is 25.1. The van der Waals surface area contributed by atoms with E-state index in [1.807, 2.05) is 42.1 Å². The van der Waals surface area contributed by atoms with Crippen LogP contribution < -0.4 is 10.2 Å². The Kier molecular flexibility index (Phi) is 8.11. The number of aryl methyl sites for hydroxylation is 1. The third-order valence-corrected chi connectivity index (χ3v) is 8.26. The lowest BCUT2D eigenvalue weighted by molar-refractivity contribution is 0.0383. The van der Waals surface area contributed by atoms with Crippen molar-refractivity contribution in [2.24, 2.45) is 7.05 Å². The number of anilines is 3. The molecule has 45 heavy (non-hydrogen) atoms. The topological polar surface area (TPSA) is 136 Å². The maximum Gasteiger partial charge on any atom is 0.417 e. The van der Waals surface area contributed by atoms with Crippen LogP contribution in [0.1, 0.15) is 5.69 Å². The fraction of sp³-hybridized carbons (Fsp3) is 0.344. The summed E-state index contributed by atoms with van der Waals surface area (Å²) in [5.41, 5.74) is 5.42. The molecule has 0 radical (unpaired) electrons. The molecule has 0 saturated carbocycles. The summed E-state index contributed by atoms with van der Waals surface area (Å²) in [6.45, 7) is 7.14. The summed E-state index contributed by atoms with van der Waals surface area (Å²) in [6, 6.07) is 15.8. The molecule has 13 nitrogen and oxygen atoms in total. The summed E-state index contributed by atoms with van der Waals surface area (Å²) in [6.07, 6.45) is 2.70. The fourth-order valence-electron chi connectivity index (χ4n) is 5.84. The molecule has 2 aliphatic heterocycles. The van der Waals surface area contributed by atoms with E-state index < -0.39 is 6.09 Å². The highest BCUT2D eigenvalue weighted by molar-refractivity contribution is 5.87. The molecule has 2 N–H and O–H groups in total. The van der Waals surface area contributed by atoms with Crippen LogP contribution in [0.2, 0.25) is 0 Å². The van der Waals surface area contributed by atoms with Crippen LogP contribution in [0.4, 0.5) is 22.2 Å². The Bertz CT molecular complexity index is 1810. The molecule has 2 aromatic carbocycles. The summed E-state index contributed by atoms with van der Waals surface area (Å²) in [5, 5.41) is 18.9. The fourth-order valence-corrected chi connectivity index (χ4v) is 5.84. The monoisotopic (exact) mass is 609 g/mol. The number of morpholine rings is 2. The molecule has 5 heterocycles. The van der Waals surface area contributed by atoms with Gasteiger partial charge >= 0.3 is 6.09 Å². The van der Waals surface area contributed by atoms with E-state index in [4.69, 9.17) is 24.5 Å². The van der Waals surface area contributed by atoms with Crippen LogP contribution in [0.15, 0.2) is 60.9 Å². The molecule has 0 bridgehead atoms. The number of hydrogen-bond donors (Lipinski definition) is 2. The maximum atomic E-state index is 11.5. The van der Waals surface area contributed by atoms with E-state index in [0.717, 1.165) is 77.4 Å². The number of hydrogen-bond acceptors (Lipinski definition) is 10. The molecule has 0 aliphatic carbocycles. The highest BCUT2D eigenvalue weighted by Gasteiger charge is 2.19. The Balaban J connectivity index is 1.17. The quantitative estimate of drug-likeness (QED) is 0.265. The van der Waals surface area contributed by atoms with Crippen LogP contribution in [0.3, 0.4) is 0 Å². The molecule has 0 atom stereocenters. The van der Waals surface area contributed by atoms with Crippen molar-refractivity contribution in [2.45, 2.75) is 6.42 Å². The molecule has 5 aromatic rings. The number of aromatic nitrogens is 6. The minimum atomic E-state index is -1.08. The Morgan fingerprint density at radius 3 is 2.42 bits per heavy atom. The van der Waals surface area contributed by atoms with E-state index in [0.29, 0.717) is 49.5 Å². The second kappa shape index (κ2) is 12.6. The summed E-state index contributed by atoms with van der Waals surface area (Å²) < 4.78 is 14.1. The first-order valence-electron chi connectivity index (χ1n) is 15.1. The number of benzene rings is 2. The average Bonchev–Trinajstić information content (AvgIpc) is 3.70. The Labute approximate surface area is 260 Å². The van der Waals surface area contributed by atoms with Crippen LogP contribution >= 0.6 is 0 Å². The molecular formula is C32H35N9O4. The number of ether oxygens (including phenoxy) is 2. The van der Waals surface area contributed by atoms with Crippen molar-refractivity contribution in [1.82, 2.24) is 34.2 Å². The van der Waals surface area contributed by atoms with E-state index in [-0.39, 0.29) is 0 Å². The van der Waals surface area contributed by atoms with E-state index >= 15 is 0 Å². The molecule has 7 rings (SSSR count). The molecule has 2 fully saturated rings. The third kappa shape index (κ3) is 6.23. The van der Waals surface area contributed by atoms with Gasteiger partial charge in [-0.05, 0) is 30.3 Å². The van der Waals surface area contributed by atoms with Crippen molar-refractivity contribution >= 4 is 34.4 Å². The van der Waals surface area contributed by atoms with Crippen molar-refractivity contribution < 1.29 is 19.4 Å². The minimum absolute atomic E-state index is 0.364. The van der Waals surface area contributed by atoms with Gasteiger partial charge in [-0.25, -0.2) is 19.3 Å². The number of carboxylic acid groups (broad SMARTS) is 1.